The molecule has 1 aromatic rings. The fourth-order valence-electron chi connectivity index (χ4n) is 2.29. The van der Waals surface area contributed by atoms with Crippen LogP contribution in [0.4, 0.5) is 10.5 Å². The number of benzene rings is 1. The van der Waals surface area contributed by atoms with Gasteiger partial charge in [0.05, 0.1) is 5.56 Å². The van der Waals surface area contributed by atoms with Crippen LogP contribution in [-0.4, -0.2) is 47.0 Å². The number of nitrogens with one attached hydrogen (secondary N) is 2. The largest absolute Gasteiger partial charge is 0.478 e. The zero-order valence-corrected chi connectivity index (χ0v) is 11.6. The summed E-state index contributed by atoms with van der Waals surface area (Å²) in [4.78, 5) is 36.3. The lowest BCUT2D eigenvalue weighted by Crippen LogP contribution is -2.57. The Kier molecular flexibility index (Phi) is 4.42. The molecule has 3 amide bonds. The lowest BCUT2D eigenvalue weighted by molar-refractivity contribution is -0.127. The summed E-state index contributed by atoms with van der Waals surface area (Å²) in [5.74, 6) is -1.23. The minimum atomic E-state index is -1.06. The highest BCUT2D eigenvalue weighted by Gasteiger charge is 2.31. The molecule has 7 heteroatoms. The van der Waals surface area contributed by atoms with Gasteiger partial charge < -0.3 is 20.6 Å². The lowest BCUT2D eigenvalue weighted by atomic mass is 10.1. The van der Waals surface area contributed by atoms with Gasteiger partial charge in [-0.05, 0) is 24.6 Å². The summed E-state index contributed by atoms with van der Waals surface area (Å²) in [6.07, 6.45) is 0.522. The van der Waals surface area contributed by atoms with Crippen molar-refractivity contribution in [3.63, 3.8) is 0 Å². The monoisotopic (exact) mass is 291 g/mol. The van der Waals surface area contributed by atoms with Gasteiger partial charge in [-0.2, -0.15) is 0 Å². The van der Waals surface area contributed by atoms with E-state index in [9.17, 15) is 14.4 Å². The Morgan fingerprint density at radius 2 is 2.24 bits per heavy atom. The van der Waals surface area contributed by atoms with E-state index in [1.165, 1.54) is 17.0 Å². The van der Waals surface area contributed by atoms with Crippen molar-refractivity contribution in [1.82, 2.24) is 10.2 Å². The van der Waals surface area contributed by atoms with Crippen LogP contribution >= 0.6 is 0 Å². The second-order valence-electron chi connectivity index (χ2n) is 4.72. The molecule has 1 aliphatic heterocycles. The van der Waals surface area contributed by atoms with Gasteiger partial charge in [0.15, 0.2) is 0 Å². The molecular weight excluding hydrogens is 274 g/mol. The van der Waals surface area contributed by atoms with Crippen molar-refractivity contribution in [2.24, 2.45) is 0 Å². The van der Waals surface area contributed by atoms with E-state index in [1.807, 2.05) is 6.92 Å². The first-order valence-electron chi connectivity index (χ1n) is 6.71. The first kappa shape index (κ1) is 14.8. The molecule has 1 fully saturated rings. The summed E-state index contributed by atoms with van der Waals surface area (Å²) in [5, 5.41) is 14.3. The number of anilines is 1. The number of piperazine rings is 1. The van der Waals surface area contributed by atoms with Crippen LogP contribution in [-0.2, 0) is 4.79 Å². The zero-order valence-electron chi connectivity index (χ0n) is 11.6. The average Bonchev–Trinajstić information content (AvgIpc) is 2.47. The van der Waals surface area contributed by atoms with Gasteiger partial charge in [-0.25, -0.2) is 9.59 Å². The van der Waals surface area contributed by atoms with Crippen molar-refractivity contribution in [3.05, 3.63) is 29.8 Å². The van der Waals surface area contributed by atoms with E-state index in [1.54, 1.807) is 12.1 Å². The Bertz CT molecular complexity index is 573. The molecule has 0 aliphatic carbocycles. The predicted octanol–water partition coefficient (Wildman–Crippen LogP) is 1.13. The Balaban J connectivity index is 2.11. The summed E-state index contributed by atoms with van der Waals surface area (Å²) in [6, 6.07) is 5.08. The van der Waals surface area contributed by atoms with Gasteiger partial charge in [-0.1, -0.05) is 13.0 Å². The Morgan fingerprint density at radius 1 is 1.48 bits per heavy atom. The van der Waals surface area contributed by atoms with Crippen LogP contribution in [0, 0.1) is 0 Å². The molecule has 1 aromatic carbocycles. The maximum atomic E-state index is 12.3. The number of carbonyl (C=O) groups excluding carboxylic acids is 2. The highest BCUT2D eigenvalue weighted by atomic mass is 16.4. The highest BCUT2D eigenvalue weighted by Crippen LogP contribution is 2.14. The van der Waals surface area contributed by atoms with Crippen LogP contribution in [0.3, 0.4) is 0 Å². The van der Waals surface area contributed by atoms with Gasteiger partial charge in [0, 0.05) is 18.8 Å². The average molecular weight is 291 g/mol. The number of nitrogens with zero attached hydrogens (tertiary/aromatic N) is 1. The molecule has 0 saturated carbocycles. The predicted molar refractivity (Wildman–Crippen MR) is 76.2 cm³/mol. The van der Waals surface area contributed by atoms with Crippen LogP contribution in [0.25, 0.3) is 0 Å². The normalized spacial score (nSPS) is 18.0. The van der Waals surface area contributed by atoms with Gasteiger partial charge in [0.2, 0.25) is 5.91 Å². The van der Waals surface area contributed by atoms with Crippen LogP contribution in [0.2, 0.25) is 0 Å². The second kappa shape index (κ2) is 6.25. The SMILES string of the molecule is CCC1C(=O)NCCN1C(=O)Nc1cccc(C(=O)O)c1. The molecule has 1 unspecified atom stereocenters. The van der Waals surface area contributed by atoms with Crippen LogP contribution in [0.5, 0.6) is 0 Å². The zero-order chi connectivity index (χ0) is 15.4. The minimum Gasteiger partial charge on any atom is -0.478 e. The molecule has 7 nitrogen and oxygen atoms in total. The van der Waals surface area contributed by atoms with Crippen molar-refractivity contribution in [1.29, 1.82) is 0 Å². The Morgan fingerprint density at radius 3 is 2.90 bits per heavy atom. The maximum absolute atomic E-state index is 12.3. The van der Waals surface area contributed by atoms with Crippen LogP contribution < -0.4 is 10.6 Å². The summed E-state index contributed by atoms with van der Waals surface area (Å²) in [7, 11) is 0. The Labute approximate surface area is 121 Å². The van der Waals surface area contributed by atoms with Gasteiger partial charge >= 0.3 is 12.0 Å². The molecule has 3 N–H and O–H groups in total. The standard InChI is InChI=1S/C14H17N3O4/c1-2-11-12(18)15-6-7-17(11)14(21)16-10-5-3-4-9(8-10)13(19)20/h3-5,8,11H,2,6-7H2,1H3,(H,15,18)(H,16,21)(H,19,20). The van der Waals surface area contributed by atoms with E-state index in [2.05, 4.69) is 10.6 Å². The van der Waals surface area contributed by atoms with Crippen molar-refractivity contribution < 1.29 is 19.5 Å². The molecule has 0 aromatic heterocycles. The lowest BCUT2D eigenvalue weighted by Gasteiger charge is -2.34. The molecule has 0 spiro atoms. The number of rotatable bonds is 3. The van der Waals surface area contributed by atoms with Crippen molar-refractivity contribution in [3.8, 4) is 0 Å². The van der Waals surface area contributed by atoms with Crippen molar-refractivity contribution in [2.75, 3.05) is 18.4 Å². The molecule has 0 bridgehead atoms. The molecule has 2 rings (SSSR count). The van der Waals surface area contributed by atoms with Crippen molar-refractivity contribution in [2.45, 2.75) is 19.4 Å². The topological polar surface area (TPSA) is 98.7 Å². The van der Waals surface area contributed by atoms with E-state index in [0.29, 0.717) is 25.2 Å². The van der Waals surface area contributed by atoms with Gasteiger partial charge in [-0.15, -0.1) is 0 Å². The molecule has 21 heavy (non-hydrogen) atoms. The number of carboxylic acid groups (broad SMARTS) is 1. The van der Waals surface area contributed by atoms with E-state index >= 15 is 0 Å². The summed E-state index contributed by atoms with van der Waals surface area (Å²) in [6.45, 7) is 2.67. The molecule has 112 valence electrons. The molecular formula is C14H17N3O4. The number of aromatic carboxylic acids is 1. The third kappa shape index (κ3) is 3.31. The van der Waals surface area contributed by atoms with E-state index in [0.717, 1.165) is 0 Å². The van der Waals surface area contributed by atoms with E-state index in [4.69, 9.17) is 5.11 Å². The fraction of sp³-hybridized carbons (Fsp3) is 0.357. The third-order valence-corrected chi connectivity index (χ3v) is 3.34. The smallest absolute Gasteiger partial charge is 0.335 e. The third-order valence-electron chi connectivity index (χ3n) is 3.34. The van der Waals surface area contributed by atoms with Crippen molar-refractivity contribution >= 4 is 23.6 Å². The Hall–Kier alpha value is -2.57. The summed E-state index contributed by atoms with van der Waals surface area (Å²) in [5.41, 5.74) is 0.483. The number of hydrogen-bond donors (Lipinski definition) is 3. The van der Waals surface area contributed by atoms with Gasteiger partial charge in [0.25, 0.3) is 0 Å². The first-order chi connectivity index (χ1) is 10.0. The first-order valence-corrected chi connectivity index (χ1v) is 6.71. The highest BCUT2D eigenvalue weighted by molar-refractivity contribution is 5.96. The summed E-state index contributed by atoms with van der Waals surface area (Å²) < 4.78 is 0. The van der Waals surface area contributed by atoms with E-state index < -0.39 is 18.0 Å². The minimum absolute atomic E-state index is 0.0937. The van der Waals surface area contributed by atoms with Gasteiger partial charge in [0.1, 0.15) is 6.04 Å². The van der Waals surface area contributed by atoms with Crippen LogP contribution in [0.15, 0.2) is 24.3 Å². The van der Waals surface area contributed by atoms with Gasteiger partial charge in [-0.3, -0.25) is 4.79 Å². The van der Waals surface area contributed by atoms with Crippen LogP contribution in [0.1, 0.15) is 23.7 Å². The molecule has 1 aliphatic rings. The molecule has 1 saturated heterocycles. The quantitative estimate of drug-likeness (QED) is 0.777. The van der Waals surface area contributed by atoms with E-state index in [-0.39, 0.29) is 11.5 Å². The number of carbonyl (C=O) groups is 3. The molecule has 1 heterocycles. The number of urea groups is 1. The number of carboxylic acids is 1. The molecule has 1 atom stereocenters. The fourth-order valence-corrected chi connectivity index (χ4v) is 2.29. The number of hydrogen-bond acceptors (Lipinski definition) is 3. The summed E-state index contributed by atoms with van der Waals surface area (Å²) >= 11 is 0. The number of amides is 3. The molecule has 0 radical (unpaired) electrons. The maximum Gasteiger partial charge on any atom is 0.335 e. The second-order valence-corrected chi connectivity index (χ2v) is 4.72.